The highest BCUT2D eigenvalue weighted by Crippen LogP contribution is 2.26. The van der Waals surface area contributed by atoms with Crippen molar-refractivity contribution in [3.05, 3.63) is 63.1 Å². The molecule has 1 aliphatic carbocycles. The van der Waals surface area contributed by atoms with Gasteiger partial charge in [0.15, 0.2) is 6.10 Å². The minimum Gasteiger partial charge on any atom is -0.449 e. The minimum atomic E-state index is -0.951. The van der Waals surface area contributed by atoms with Crippen LogP contribution in [0.1, 0.15) is 34.8 Å². The lowest BCUT2D eigenvalue weighted by atomic mass is 10.1. The Morgan fingerprint density at radius 3 is 2.60 bits per heavy atom. The van der Waals surface area contributed by atoms with Crippen LogP contribution in [0.5, 0.6) is 0 Å². The van der Waals surface area contributed by atoms with Gasteiger partial charge in [-0.05, 0) is 67.6 Å². The summed E-state index contributed by atoms with van der Waals surface area (Å²) in [4.78, 5) is 24.5. The highest BCUT2D eigenvalue weighted by atomic mass is 35.5. The summed E-state index contributed by atoms with van der Waals surface area (Å²) in [5, 5.41) is 3.42. The van der Waals surface area contributed by atoms with Gasteiger partial charge in [-0.3, -0.25) is 4.79 Å². The van der Waals surface area contributed by atoms with Crippen molar-refractivity contribution in [2.45, 2.75) is 32.3 Å². The molecule has 1 aliphatic rings. The summed E-state index contributed by atoms with van der Waals surface area (Å²) >= 11 is 11.9. The number of hydrogen-bond acceptors (Lipinski definition) is 3. The molecule has 3 rings (SSSR count). The molecule has 2 aromatic carbocycles. The second kappa shape index (κ2) is 7.46. The van der Waals surface area contributed by atoms with E-state index in [1.807, 2.05) is 12.1 Å². The molecule has 0 unspecified atom stereocenters. The van der Waals surface area contributed by atoms with Crippen LogP contribution in [0.3, 0.4) is 0 Å². The lowest BCUT2D eigenvalue weighted by Crippen LogP contribution is -2.30. The van der Waals surface area contributed by atoms with Crippen LogP contribution in [0.4, 0.5) is 5.69 Å². The zero-order chi connectivity index (χ0) is 18.0. The van der Waals surface area contributed by atoms with E-state index in [0.717, 1.165) is 19.3 Å². The van der Waals surface area contributed by atoms with E-state index in [4.69, 9.17) is 27.9 Å². The number of esters is 1. The van der Waals surface area contributed by atoms with E-state index in [1.165, 1.54) is 24.1 Å². The first-order chi connectivity index (χ1) is 11.9. The fourth-order valence-electron chi connectivity index (χ4n) is 2.81. The summed E-state index contributed by atoms with van der Waals surface area (Å²) < 4.78 is 5.27. The average Bonchev–Trinajstić information content (AvgIpc) is 3.04. The first-order valence-corrected chi connectivity index (χ1v) is 8.78. The number of fused-ring (bicyclic) bond motifs is 1. The number of carbonyl (C=O) groups is 2. The molecule has 0 aromatic heterocycles. The fourth-order valence-corrected chi connectivity index (χ4v) is 3.26. The number of anilines is 1. The molecule has 0 saturated heterocycles. The summed E-state index contributed by atoms with van der Waals surface area (Å²) in [5.74, 6) is -0.974. The zero-order valence-corrected chi connectivity index (χ0v) is 15.2. The Morgan fingerprint density at radius 1 is 1.08 bits per heavy atom. The average molecular weight is 378 g/mol. The number of halogens is 2. The van der Waals surface area contributed by atoms with Crippen molar-refractivity contribution in [2.75, 3.05) is 5.32 Å². The maximum atomic E-state index is 12.3. The van der Waals surface area contributed by atoms with E-state index in [2.05, 4.69) is 5.32 Å². The first kappa shape index (κ1) is 17.8. The van der Waals surface area contributed by atoms with Crippen LogP contribution >= 0.6 is 23.2 Å². The molecule has 1 amide bonds. The second-order valence-corrected chi connectivity index (χ2v) is 6.84. The van der Waals surface area contributed by atoms with Gasteiger partial charge in [0.25, 0.3) is 5.91 Å². The third-order valence-corrected chi connectivity index (χ3v) is 4.72. The summed E-state index contributed by atoms with van der Waals surface area (Å²) in [7, 11) is 0. The molecular weight excluding hydrogens is 361 g/mol. The Morgan fingerprint density at radius 2 is 1.84 bits per heavy atom. The number of hydrogen-bond donors (Lipinski definition) is 1. The molecular formula is C19H17Cl2NO3. The molecule has 0 saturated carbocycles. The molecule has 25 heavy (non-hydrogen) atoms. The molecule has 130 valence electrons. The van der Waals surface area contributed by atoms with Gasteiger partial charge in [0.05, 0.1) is 16.3 Å². The van der Waals surface area contributed by atoms with E-state index in [1.54, 1.807) is 18.2 Å². The largest absolute Gasteiger partial charge is 0.449 e. The molecule has 6 heteroatoms. The summed E-state index contributed by atoms with van der Waals surface area (Å²) in [6.07, 6.45) is 2.17. The molecule has 0 bridgehead atoms. The third kappa shape index (κ3) is 4.14. The maximum Gasteiger partial charge on any atom is 0.338 e. The number of carbonyl (C=O) groups excluding carboxylic acids is 2. The summed E-state index contributed by atoms with van der Waals surface area (Å²) in [5.41, 5.74) is 3.33. The molecule has 0 spiro atoms. The Kier molecular flexibility index (Phi) is 5.30. The maximum absolute atomic E-state index is 12.3. The Balaban J connectivity index is 1.63. The Labute approximate surface area is 156 Å². The van der Waals surface area contributed by atoms with Crippen molar-refractivity contribution in [3.8, 4) is 0 Å². The van der Waals surface area contributed by atoms with Gasteiger partial charge in [-0.15, -0.1) is 0 Å². The lowest BCUT2D eigenvalue weighted by molar-refractivity contribution is -0.123. The van der Waals surface area contributed by atoms with E-state index in [9.17, 15) is 9.59 Å². The van der Waals surface area contributed by atoms with Crippen LogP contribution in [0.15, 0.2) is 36.4 Å². The van der Waals surface area contributed by atoms with Crippen molar-refractivity contribution in [1.82, 2.24) is 0 Å². The number of amides is 1. The van der Waals surface area contributed by atoms with Crippen LogP contribution in [0.2, 0.25) is 10.0 Å². The van der Waals surface area contributed by atoms with Crippen molar-refractivity contribution in [2.24, 2.45) is 0 Å². The van der Waals surface area contributed by atoms with Crippen LogP contribution in [-0.4, -0.2) is 18.0 Å². The van der Waals surface area contributed by atoms with Gasteiger partial charge in [0.2, 0.25) is 0 Å². The highest BCUT2D eigenvalue weighted by molar-refractivity contribution is 6.36. The van der Waals surface area contributed by atoms with Crippen LogP contribution in [0.25, 0.3) is 0 Å². The topological polar surface area (TPSA) is 55.4 Å². The number of benzene rings is 2. The predicted molar refractivity (Wildman–Crippen MR) is 98.4 cm³/mol. The Bertz CT molecular complexity index is 835. The van der Waals surface area contributed by atoms with Gasteiger partial charge in [-0.2, -0.15) is 0 Å². The summed E-state index contributed by atoms with van der Waals surface area (Å²) in [6.45, 7) is 1.52. The van der Waals surface area contributed by atoms with Gasteiger partial charge in [0.1, 0.15) is 0 Å². The van der Waals surface area contributed by atoms with E-state index in [0.29, 0.717) is 21.3 Å². The van der Waals surface area contributed by atoms with Gasteiger partial charge in [-0.1, -0.05) is 29.3 Å². The third-order valence-electron chi connectivity index (χ3n) is 4.18. The van der Waals surface area contributed by atoms with Gasteiger partial charge in [-0.25, -0.2) is 4.79 Å². The van der Waals surface area contributed by atoms with Crippen molar-refractivity contribution in [1.29, 1.82) is 0 Å². The first-order valence-electron chi connectivity index (χ1n) is 8.03. The van der Waals surface area contributed by atoms with Crippen molar-refractivity contribution >= 4 is 40.8 Å². The highest BCUT2D eigenvalue weighted by Gasteiger charge is 2.21. The standard InChI is InChI=1S/C19H17Cl2NO3/c1-11(18(23)22-17-8-7-15(20)10-16(17)21)25-19(24)14-6-5-12-3-2-4-13(12)9-14/h5-11H,2-4H2,1H3,(H,22,23)/t11-/m1/s1. The minimum absolute atomic E-state index is 0.318. The lowest BCUT2D eigenvalue weighted by Gasteiger charge is -2.14. The van der Waals surface area contributed by atoms with E-state index < -0.39 is 18.0 Å². The quantitative estimate of drug-likeness (QED) is 0.787. The number of rotatable bonds is 4. The van der Waals surface area contributed by atoms with Gasteiger partial charge < -0.3 is 10.1 Å². The zero-order valence-electron chi connectivity index (χ0n) is 13.6. The smallest absolute Gasteiger partial charge is 0.338 e. The number of nitrogens with one attached hydrogen (secondary N) is 1. The SMILES string of the molecule is C[C@@H](OC(=O)c1ccc2c(c1)CCC2)C(=O)Nc1ccc(Cl)cc1Cl. The monoisotopic (exact) mass is 377 g/mol. The second-order valence-electron chi connectivity index (χ2n) is 6.00. The molecule has 0 radical (unpaired) electrons. The van der Waals surface area contributed by atoms with Gasteiger partial charge in [0, 0.05) is 5.02 Å². The fraction of sp³-hybridized carbons (Fsp3) is 0.263. The molecule has 2 aromatic rings. The van der Waals surface area contributed by atoms with Crippen LogP contribution < -0.4 is 5.32 Å². The molecule has 0 heterocycles. The van der Waals surface area contributed by atoms with E-state index >= 15 is 0 Å². The molecule has 1 N–H and O–H groups in total. The normalized spacial score (nSPS) is 13.9. The molecule has 0 aliphatic heterocycles. The van der Waals surface area contributed by atoms with Gasteiger partial charge >= 0.3 is 5.97 Å². The van der Waals surface area contributed by atoms with E-state index in [-0.39, 0.29) is 0 Å². The van der Waals surface area contributed by atoms with Crippen LogP contribution in [0, 0.1) is 0 Å². The number of ether oxygens (including phenoxy) is 1. The predicted octanol–water partition coefficient (Wildman–Crippen LogP) is 4.67. The molecule has 1 atom stereocenters. The molecule has 0 fully saturated rings. The number of aryl methyl sites for hydroxylation is 2. The Hall–Kier alpha value is -2.04. The molecule has 4 nitrogen and oxygen atoms in total. The summed E-state index contributed by atoms with van der Waals surface area (Å²) in [6, 6.07) is 10.3. The van der Waals surface area contributed by atoms with Crippen LogP contribution in [-0.2, 0) is 22.4 Å². The van der Waals surface area contributed by atoms with Crippen molar-refractivity contribution in [3.63, 3.8) is 0 Å². The van der Waals surface area contributed by atoms with Crippen molar-refractivity contribution < 1.29 is 14.3 Å².